The molecule has 198 valence electrons. The molecule has 0 unspecified atom stereocenters. The molecule has 4 N–H and O–H groups in total. The number of nitrogens with zero attached hydrogens (tertiary/aromatic N) is 5. The maximum Gasteiger partial charge on any atom is 0.254 e. The van der Waals surface area contributed by atoms with Crippen molar-refractivity contribution in [2.45, 2.75) is 31.7 Å². The van der Waals surface area contributed by atoms with Crippen molar-refractivity contribution in [3.8, 4) is 5.75 Å². The van der Waals surface area contributed by atoms with Crippen LogP contribution in [-0.4, -0.2) is 77.3 Å². The number of aromatic nitrogens is 4. The molecular formula is C25H32F2N8O2. The number of amides is 1. The fourth-order valence-corrected chi connectivity index (χ4v) is 5.19. The third-order valence-electron chi connectivity index (χ3n) is 7.35. The SMILES string of the molecule is COc1cc(C(=O)NCCN(C)C)ccc1Cn1ncc2nc(N)nc(NCC3CC4(C3)CC4(F)F)c21. The largest absolute Gasteiger partial charge is 0.496 e. The van der Waals surface area contributed by atoms with E-state index in [0.29, 0.717) is 60.6 Å². The number of nitrogens with one attached hydrogen (secondary N) is 2. The first kappa shape index (κ1) is 25.1. The number of rotatable bonds is 10. The lowest BCUT2D eigenvalue weighted by Crippen LogP contribution is -2.34. The second-order valence-corrected chi connectivity index (χ2v) is 10.4. The van der Waals surface area contributed by atoms with E-state index in [1.807, 2.05) is 25.1 Å². The van der Waals surface area contributed by atoms with Crippen molar-refractivity contribution < 1.29 is 18.3 Å². The molecule has 3 aromatic rings. The number of carbonyl (C=O) groups is 1. The lowest BCUT2D eigenvalue weighted by Gasteiger charge is -2.36. The van der Waals surface area contributed by atoms with E-state index in [0.717, 1.165) is 12.1 Å². The molecule has 2 aliphatic carbocycles. The molecule has 2 aliphatic rings. The van der Waals surface area contributed by atoms with Crippen molar-refractivity contribution in [2.24, 2.45) is 11.3 Å². The Labute approximate surface area is 213 Å². The first-order chi connectivity index (χ1) is 17.6. The van der Waals surface area contributed by atoms with E-state index in [-0.39, 0.29) is 24.2 Å². The minimum absolute atomic E-state index is 0.00629. The van der Waals surface area contributed by atoms with Crippen LogP contribution in [0.5, 0.6) is 5.75 Å². The quantitative estimate of drug-likeness (QED) is 0.377. The number of benzene rings is 1. The van der Waals surface area contributed by atoms with E-state index in [1.165, 1.54) is 0 Å². The average Bonchev–Trinajstić information content (AvgIpc) is 3.19. The van der Waals surface area contributed by atoms with Crippen LogP contribution < -0.4 is 21.1 Å². The number of alkyl halides is 2. The van der Waals surface area contributed by atoms with Crippen LogP contribution in [0.1, 0.15) is 35.2 Å². The highest BCUT2D eigenvalue weighted by molar-refractivity contribution is 5.94. The van der Waals surface area contributed by atoms with Crippen molar-refractivity contribution in [2.75, 3.05) is 51.9 Å². The van der Waals surface area contributed by atoms with Crippen LogP contribution in [0, 0.1) is 11.3 Å². The molecule has 0 bridgehead atoms. The van der Waals surface area contributed by atoms with Gasteiger partial charge in [0.25, 0.3) is 11.8 Å². The molecule has 0 radical (unpaired) electrons. The van der Waals surface area contributed by atoms with Crippen LogP contribution in [0.3, 0.4) is 0 Å². The Morgan fingerprint density at radius 3 is 2.73 bits per heavy atom. The molecule has 0 atom stereocenters. The number of halogens is 2. The summed E-state index contributed by atoms with van der Waals surface area (Å²) in [6.07, 6.45) is 2.65. The molecule has 1 aromatic carbocycles. The smallest absolute Gasteiger partial charge is 0.254 e. The van der Waals surface area contributed by atoms with Gasteiger partial charge in [0.2, 0.25) is 5.95 Å². The van der Waals surface area contributed by atoms with E-state index in [2.05, 4.69) is 25.7 Å². The van der Waals surface area contributed by atoms with Crippen LogP contribution in [0.4, 0.5) is 20.5 Å². The number of ether oxygens (including phenoxy) is 1. The Morgan fingerprint density at radius 1 is 1.30 bits per heavy atom. The number of anilines is 2. The molecule has 2 heterocycles. The van der Waals surface area contributed by atoms with Gasteiger partial charge in [-0.15, -0.1) is 0 Å². The van der Waals surface area contributed by atoms with Crippen LogP contribution in [-0.2, 0) is 6.54 Å². The minimum Gasteiger partial charge on any atom is -0.496 e. The molecule has 2 aromatic heterocycles. The topological polar surface area (TPSA) is 123 Å². The van der Waals surface area contributed by atoms with Gasteiger partial charge >= 0.3 is 0 Å². The third-order valence-corrected chi connectivity index (χ3v) is 7.35. The molecule has 2 fully saturated rings. The number of carbonyl (C=O) groups excluding carboxylic acids is 1. The number of methoxy groups -OCH3 is 1. The number of hydrogen-bond acceptors (Lipinski definition) is 8. The number of fused-ring (bicyclic) bond motifs is 1. The zero-order chi connectivity index (χ0) is 26.4. The van der Waals surface area contributed by atoms with Gasteiger partial charge in [-0.2, -0.15) is 10.1 Å². The summed E-state index contributed by atoms with van der Waals surface area (Å²) in [5.41, 5.74) is 7.69. The second kappa shape index (κ2) is 9.40. The van der Waals surface area contributed by atoms with E-state index >= 15 is 0 Å². The number of hydrogen-bond donors (Lipinski definition) is 3. The van der Waals surface area contributed by atoms with Crippen molar-refractivity contribution in [1.82, 2.24) is 30.0 Å². The average molecular weight is 515 g/mol. The van der Waals surface area contributed by atoms with Gasteiger partial charge in [-0.05, 0) is 45.0 Å². The molecule has 5 rings (SSSR count). The summed E-state index contributed by atoms with van der Waals surface area (Å²) in [5, 5.41) is 10.7. The highest BCUT2D eigenvalue weighted by Crippen LogP contribution is 2.72. The van der Waals surface area contributed by atoms with Crippen molar-refractivity contribution >= 4 is 28.7 Å². The molecule has 37 heavy (non-hydrogen) atoms. The van der Waals surface area contributed by atoms with E-state index in [4.69, 9.17) is 10.5 Å². The summed E-state index contributed by atoms with van der Waals surface area (Å²) in [7, 11) is 5.45. The molecule has 12 heteroatoms. The summed E-state index contributed by atoms with van der Waals surface area (Å²) in [6.45, 7) is 2.15. The van der Waals surface area contributed by atoms with Gasteiger partial charge in [0.15, 0.2) is 5.82 Å². The van der Waals surface area contributed by atoms with Gasteiger partial charge in [-0.3, -0.25) is 9.48 Å². The molecule has 10 nitrogen and oxygen atoms in total. The van der Waals surface area contributed by atoms with Gasteiger partial charge in [-0.25, -0.2) is 13.8 Å². The second-order valence-electron chi connectivity index (χ2n) is 10.4. The van der Waals surface area contributed by atoms with Crippen LogP contribution in [0.25, 0.3) is 11.0 Å². The molecule has 0 aliphatic heterocycles. The fraction of sp³-hybridized carbons (Fsp3) is 0.520. The minimum atomic E-state index is -2.50. The van der Waals surface area contributed by atoms with Gasteiger partial charge in [0, 0.05) is 42.6 Å². The Morgan fingerprint density at radius 2 is 2.05 bits per heavy atom. The lowest BCUT2D eigenvalue weighted by molar-refractivity contribution is 0.00528. The van der Waals surface area contributed by atoms with Crippen molar-refractivity contribution in [3.05, 3.63) is 35.5 Å². The Bertz CT molecular complexity index is 1320. The van der Waals surface area contributed by atoms with E-state index < -0.39 is 11.3 Å². The first-order valence-electron chi connectivity index (χ1n) is 12.3. The van der Waals surface area contributed by atoms with Crippen LogP contribution in [0.15, 0.2) is 24.4 Å². The van der Waals surface area contributed by atoms with Crippen molar-refractivity contribution in [1.29, 1.82) is 0 Å². The predicted molar refractivity (Wildman–Crippen MR) is 136 cm³/mol. The summed E-state index contributed by atoms with van der Waals surface area (Å²) in [4.78, 5) is 23.2. The summed E-state index contributed by atoms with van der Waals surface area (Å²) < 4.78 is 34.4. The summed E-state index contributed by atoms with van der Waals surface area (Å²) in [5.74, 6) is -1.34. The standard InChI is InChI=1S/C25H32F2N8O2/c1-34(2)7-6-29-22(36)16-4-5-17(19(8-16)37-3)13-35-20-18(12-31-35)32-23(28)33-21(20)30-11-15-9-24(10-15)14-25(24,26)27/h4-5,8,12,15H,6-7,9-11,13-14H2,1-3H3,(H,29,36)(H3,28,30,32,33). The van der Waals surface area contributed by atoms with Gasteiger partial charge in [0.1, 0.15) is 16.8 Å². The van der Waals surface area contributed by atoms with Gasteiger partial charge < -0.3 is 26.0 Å². The Hall–Kier alpha value is -3.54. The molecule has 1 amide bonds. The first-order valence-corrected chi connectivity index (χ1v) is 12.3. The van der Waals surface area contributed by atoms with Gasteiger partial charge in [-0.1, -0.05) is 6.07 Å². The number of nitrogens with two attached hydrogens (primary N) is 1. The lowest BCUT2D eigenvalue weighted by atomic mass is 9.71. The Balaban J connectivity index is 1.31. The van der Waals surface area contributed by atoms with Gasteiger partial charge in [0.05, 0.1) is 19.9 Å². The predicted octanol–water partition coefficient (Wildman–Crippen LogP) is 2.60. The maximum atomic E-state index is 13.6. The number of nitrogen functional groups attached to an aromatic ring is 1. The summed E-state index contributed by atoms with van der Waals surface area (Å²) >= 11 is 0. The Kier molecular flexibility index (Phi) is 6.38. The normalized spacial score (nSPS) is 21.7. The fourth-order valence-electron chi connectivity index (χ4n) is 5.19. The number of likely N-dealkylation sites (N-methyl/N-ethyl adjacent to an activating group) is 1. The maximum absolute atomic E-state index is 13.6. The van der Waals surface area contributed by atoms with E-state index in [9.17, 15) is 13.6 Å². The molecular weight excluding hydrogens is 482 g/mol. The highest BCUT2D eigenvalue weighted by atomic mass is 19.3. The monoisotopic (exact) mass is 514 g/mol. The molecule has 2 saturated carbocycles. The highest BCUT2D eigenvalue weighted by Gasteiger charge is 2.75. The van der Waals surface area contributed by atoms with Crippen molar-refractivity contribution in [3.63, 3.8) is 0 Å². The summed E-state index contributed by atoms with van der Waals surface area (Å²) in [6, 6.07) is 5.30. The van der Waals surface area contributed by atoms with Crippen LogP contribution >= 0.6 is 0 Å². The zero-order valence-corrected chi connectivity index (χ0v) is 21.2. The van der Waals surface area contributed by atoms with Crippen LogP contribution in [0.2, 0.25) is 0 Å². The third kappa shape index (κ3) is 4.89. The molecule has 1 spiro atoms. The van der Waals surface area contributed by atoms with E-state index in [1.54, 1.807) is 30.1 Å². The zero-order valence-electron chi connectivity index (χ0n) is 21.2. The molecule has 0 saturated heterocycles.